The molecule has 34 heavy (non-hydrogen) atoms. The van der Waals surface area contributed by atoms with E-state index < -0.39 is 11.7 Å². The normalized spacial score (nSPS) is 10.5. The number of hydrogen-bond acceptors (Lipinski definition) is 4. The maximum atomic E-state index is 12.6. The molecule has 3 rings (SSSR count). The van der Waals surface area contributed by atoms with Crippen LogP contribution in [0.25, 0.3) is 22.0 Å². The van der Waals surface area contributed by atoms with Gasteiger partial charge in [-0.05, 0) is 42.3 Å². The minimum absolute atomic E-state index is 0.141. The van der Waals surface area contributed by atoms with E-state index in [-0.39, 0.29) is 5.78 Å². The molecule has 0 saturated carbocycles. The summed E-state index contributed by atoms with van der Waals surface area (Å²) < 4.78 is 37.8. The highest BCUT2D eigenvalue weighted by Crippen LogP contribution is 2.33. The number of nitrogens with zero attached hydrogens (tertiary/aromatic N) is 2. The van der Waals surface area contributed by atoms with Crippen molar-refractivity contribution in [2.24, 2.45) is 0 Å². The molecule has 2 N–H and O–H groups in total. The smallest absolute Gasteiger partial charge is 0.383 e. The van der Waals surface area contributed by atoms with E-state index in [1.165, 1.54) is 50.1 Å². The molecular formula is C27H34F3N3O. The van der Waals surface area contributed by atoms with Crippen LogP contribution in [-0.4, -0.2) is 15.8 Å². The zero-order valence-corrected chi connectivity index (χ0v) is 20.2. The highest BCUT2D eigenvalue weighted by Gasteiger charge is 2.30. The number of pyridine rings is 2. The maximum Gasteiger partial charge on any atom is 0.416 e. The van der Waals surface area contributed by atoms with E-state index in [0.29, 0.717) is 34.3 Å². The Hall–Kier alpha value is -3.22. The monoisotopic (exact) mass is 473 g/mol. The molecule has 0 atom stereocenters. The van der Waals surface area contributed by atoms with Crippen LogP contribution in [0.5, 0.6) is 0 Å². The summed E-state index contributed by atoms with van der Waals surface area (Å²) in [6.07, 6.45) is 7.24. The van der Waals surface area contributed by atoms with Gasteiger partial charge in [0.25, 0.3) is 0 Å². The fourth-order valence-corrected chi connectivity index (χ4v) is 2.99. The van der Waals surface area contributed by atoms with E-state index in [9.17, 15) is 18.0 Å². The van der Waals surface area contributed by atoms with Crippen LogP contribution < -0.4 is 5.73 Å². The number of rotatable bonds is 7. The average Bonchev–Trinajstić information content (AvgIpc) is 2.83. The Kier molecular flexibility index (Phi) is 12.6. The van der Waals surface area contributed by atoms with Crippen LogP contribution in [0, 0.1) is 0 Å². The fourth-order valence-electron chi connectivity index (χ4n) is 2.99. The summed E-state index contributed by atoms with van der Waals surface area (Å²) in [5.74, 6) is 0.483. The van der Waals surface area contributed by atoms with E-state index >= 15 is 0 Å². The predicted molar refractivity (Wildman–Crippen MR) is 134 cm³/mol. The van der Waals surface area contributed by atoms with E-state index in [1.807, 2.05) is 6.92 Å². The fraction of sp³-hybridized carbons (Fsp3) is 0.370. The number of benzene rings is 1. The minimum Gasteiger partial charge on any atom is -0.383 e. The first-order chi connectivity index (χ1) is 16.2. The molecule has 0 unspecified atom stereocenters. The summed E-state index contributed by atoms with van der Waals surface area (Å²) in [7, 11) is 0. The second kappa shape index (κ2) is 14.8. The number of nitrogens with two attached hydrogens (primary N) is 1. The summed E-state index contributed by atoms with van der Waals surface area (Å²) in [4.78, 5) is 18.6. The Morgan fingerprint density at radius 1 is 1.00 bits per heavy atom. The third-order valence-electron chi connectivity index (χ3n) is 4.88. The van der Waals surface area contributed by atoms with Crippen molar-refractivity contribution in [1.82, 2.24) is 9.97 Å². The van der Waals surface area contributed by atoms with Gasteiger partial charge in [-0.25, -0.2) is 4.98 Å². The Morgan fingerprint density at radius 3 is 2.09 bits per heavy atom. The standard InChI is InChI=1S/C15H10F3N3.C6H10O.C6H14/c16-15(17,18)10-5-3-9(4-6-10)12-8-21-14(19)11-2-1-7-20-13(11)12;1-3-5-6(7)4-2;1-3-5-6-4-2/h1-8H,(H2,19,21);4H,2-3,5H2,1H3;3-6H2,1-2H3. The summed E-state index contributed by atoms with van der Waals surface area (Å²) in [6, 6.07) is 8.41. The highest BCUT2D eigenvalue weighted by molar-refractivity contribution is 5.98. The number of nitrogen functional groups attached to an aromatic ring is 1. The molecule has 0 radical (unpaired) electrons. The molecule has 1 aromatic carbocycles. The van der Waals surface area contributed by atoms with Crippen LogP contribution in [0.3, 0.4) is 0 Å². The van der Waals surface area contributed by atoms with Gasteiger partial charge in [0, 0.05) is 29.8 Å². The van der Waals surface area contributed by atoms with Crippen LogP contribution in [0.1, 0.15) is 64.9 Å². The van der Waals surface area contributed by atoms with E-state index in [1.54, 1.807) is 18.3 Å². The van der Waals surface area contributed by atoms with Crippen molar-refractivity contribution in [3.05, 3.63) is 67.0 Å². The largest absolute Gasteiger partial charge is 0.416 e. The van der Waals surface area contributed by atoms with Gasteiger partial charge in [-0.15, -0.1) is 0 Å². The Labute approximate surface area is 200 Å². The quantitative estimate of drug-likeness (QED) is 0.279. The third kappa shape index (κ3) is 9.33. The number of hydrogen-bond donors (Lipinski definition) is 1. The molecule has 0 bridgehead atoms. The van der Waals surface area contributed by atoms with E-state index in [4.69, 9.17) is 5.73 Å². The topological polar surface area (TPSA) is 68.9 Å². The summed E-state index contributed by atoms with van der Waals surface area (Å²) in [5, 5.41) is 0.676. The Balaban J connectivity index is 0.000000369. The number of fused-ring (bicyclic) bond motifs is 1. The van der Waals surface area contributed by atoms with Gasteiger partial charge < -0.3 is 5.73 Å². The van der Waals surface area contributed by atoms with E-state index in [0.717, 1.165) is 18.6 Å². The number of halogens is 3. The Bertz CT molecular complexity index is 1030. The van der Waals surface area contributed by atoms with Gasteiger partial charge in [0.05, 0.1) is 11.1 Å². The van der Waals surface area contributed by atoms with Crippen molar-refractivity contribution in [1.29, 1.82) is 0 Å². The molecule has 0 aliphatic carbocycles. The van der Waals surface area contributed by atoms with Crippen molar-refractivity contribution < 1.29 is 18.0 Å². The first kappa shape index (κ1) is 28.8. The van der Waals surface area contributed by atoms with Crippen LogP contribution >= 0.6 is 0 Å². The molecule has 0 amide bonds. The van der Waals surface area contributed by atoms with Gasteiger partial charge in [-0.2, -0.15) is 13.2 Å². The molecule has 0 fully saturated rings. The summed E-state index contributed by atoms with van der Waals surface area (Å²) in [5.41, 5.74) is 6.97. The van der Waals surface area contributed by atoms with E-state index in [2.05, 4.69) is 30.4 Å². The highest BCUT2D eigenvalue weighted by atomic mass is 19.4. The molecule has 7 heteroatoms. The van der Waals surface area contributed by atoms with Crippen molar-refractivity contribution in [3.8, 4) is 11.1 Å². The van der Waals surface area contributed by atoms with Gasteiger partial charge in [-0.1, -0.05) is 65.2 Å². The van der Waals surface area contributed by atoms with Crippen LogP contribution in [0.2, 0.25) is 0 Å². The molecule has 3 aromatic rings. The molecule has 0 aliphatic rings. The minimum atomic E-state index is -4.35. The molecule has 2 heterocycles. The van der Waals surface area contributed by atoms with Gasteiger partial charge >= 0.3 is 6.18 Å². The second-order valence-electron chi connectivity index (χ2n) is 7.66. The van der Waals surface area contributed by atoms with Gasteiger partial charge in [0.1, 0.15) is 5.82 Å². The maximum absolute atomic E-state index is 12.6. The van der Waals surface area contributed by atoms with Crippen LogP contribution in [0.4, 0.5) is 19.0 Å². The number of ketones is 1. The SMILES string of the molecule is C=CC(=O)CCC.CCCCCC.Nc1ncc(-c2ccc(C(F)(F)F)cc2)c2ncccc12. The first-order valence-electron chi connectivity index (χ1n) is 11.5. The van der Waals surface area contributed by atoms with Gasteiger partial charge in [-0.3, -0.25) is 9.78 Å². The number of unbranched alkanes of at least 4 members (excludes halogenated alkanes) is 3. The van der Waals surface area contributed by atoms with Gasteiger partial charge in [0.15, 0.2) is 5.78 Å². The number of carbonyl (C=O) groups is 1. The number of aromatic nitrogens is 2. The lowest BCUT2D eigenvalue weighted by Gasteiger charge is -2.09. The van der Waals surface area contributed by atoms with Crippen molar-refractivity contribution in [3.63, 3.8) is 0 Å². The first-order valence-corrected chi connectivity index (χ1v) is 11.5. The molecule has 184 valence electrons. The van der Waals surface area contributed by atoms with Crippen molar-refractivity contribution >= 4 is 22.5 Å². The lowest BCUT2D eigenvalue weighted by atomic mass is 10.0. The molecule has 0 aliphatic heterocycles. The molecule has 0 saturated heterocycles. The second-order valence-corrected chi connectivity index (χ2v) is 7.66. The molecule has 0 spiro atoms. The number of alkyl halides is 3. The lowest BCUT2D eigenvalue weighted by molar-refractivity contribution is -0.137. The number of anilines is 1. The van der Waals surface area contributed by atoms with Crippen LogP contribution in [0.15, 0.2) is 61.4 Å². The van der Waals surface area contributed by atoms with Crippen molar-refractivity contribution in [2.45, 2.75) is 65.5 Å². The van der Waals surface area contributed by atoms with Gasteiger partial charge in [0.2, 0.25) is 0 Å². The summed E-state index contributed by atoms with van der Waals surface area (Å²) >= 11 is 0. The third-order valence-corrected chi connectivity index (χ3v) is 4.88. The Morgan fingerprint density at radius 2 is 1.62 bits per heavy atom. The van der Waals surface area contributed by atoms with Crippen LogP contribution in [-0.2, 0) is 11.0 Å². The predicted octanol–water partition coefficient (Wildman–Crippen LogP) is 8.03. The lowest BCUT2D eigenvalue weighted by Crippen LogP contribution is -2.04. The summed E-state index contributed by atoms with van der Waals surface area (Å²) in [6.45, 7) is 9.77. The zero-order valence-electron chi connectivity index (χ0n) is 20.2. The average molecular weight is 474 g/mol. The zero-order chi connectivity index (χ0) is 25.6. The molecule has 4 nitrogen and oxygen atoms in total. The van der Waals surface area contributed by atoms with Crippen molar-refractivity contribution in [2.75, 3.05) is 5.73 Å². The molecule has 2 aromatic heterocycles. The number of carbonyl (C=O) groups excluding carboxylic acids is 1. The molecular weight excluding hydrogens is 439 g/mol. The number of allylic oxidation sites excluding steroid dienone is 1.